The van der Waals surface area contributed by atoms with Crippen molar-refractivity contribution in [2.45, 2.75) is 20.3 Å². The van der Waals surface area contributed by atoms with Crippen LogP contribution in [-0.2, 0) is 11.2 Å². The second kappa shape index (κ2) is 8.84. The Morgan fingerprint density at radius 3 is 2.46 bits per heavy atom. The van der Waals surface area contributed by atoms with E-state index in [0.29, 0.717) is 12.3 Å². The van der Waals surface area contributed by atoms with Gasteiger partial charge in [0.05, 0.1) is 12.5 Å². The molecule has 26 heavy (non-hydrogen) atoms. The zero-order valence-corrected chi connectivity index (χ0v) is 14.7. The molecule has 2 rings (SSSR count). The molecule has 2 aromatic rings. The molecule has 0 fully saturated rings. The van der Waals surface area contributed by atoms with Crippen molar-refractivity contribution in [3.05, 3.63) is 63.6 Å². The van der Waals surface area contributed by atoms with Gasteiger partial charge in [-0.2, -0.15) is 0 Å². The third kappa shape index (κ3) is 5.20. The number of amides is 1. The molecule has 0 aliphatic carbocycles. The molecule has 7 heteroatoms. The molecule has 0 saturated carbocycles. The molecule has 0 saturated heterocycles. The van der Waals surface area contributed by atoms with E-state index in [-0.39, 0.29) is 18.5 Å². The van der Waals surface area contributed by atoms with Crippen LogP contribution in [0.15, 0.2) is 41.2 Å². The van der Waals surface area contributed by atoms with Crippen molar-refractivity contribution in [2.24, 2.45) is 5.92 Å². The van der Waals surface area contributed by atoms with Crippen LogP contribution in [0.5, 0.6) is 5.75 Å². The number of benzene rings is 1. The number of hydrogen-bond donors (Lipinski definition) is 3. The fourth-order valence-electron chi connectivity index (χ4n) is 2.48. The number of hydrogen-bond acceptors (Lipinski definition) is 4. The summed E-state index contributed by atoms with van der Waals surface area (Å²) < 4.78 is 5.35. The highest BCUT2D eigenvalue weighted by Gasteiger charge is 2.20. The van der Waals surface area contributed by atoms with Crippen molar-refractivity contribution < 1.29 is 19.4 Å². The summed E-state index contributed by atoms with van der Waals surface area (Å²) in [5.74, 6) is -1.70. The average Bonchev–Trinajstić information content (AvgIpc) is 2.59. The number of rotatable bonds is 8. The number of aryl methyl sites for hydroxylation is 1. The van der Waals surface area contributed by atoms with Crippen LogP contribution in [0.2, 0.25) is 0 Å². The number of H-pyrrole nitrogens is 1. The molecule has 1 aromatic carbocycles. The zero-order chi connectivity index (χ0) is 19.1. The minimum atomic E-state index is -1.02. The lowest BCUT2D eigenvalue weighted by Gasteiger charge is -2.14. The summed E-state index contributed by atoms with van der Waals surface area (Å²) in [5.41, 5.74) is 0.926. The van der Waals surface area contributed by atoms with Crippen LogP contribution in [0.4, 0.5) is 0 Å². The largest absolute Gasteiger partial charge is 0.494 e. The first-order valence-electron chi connectivity index (χ1n) is 8.33. The molecule has 0 aliphatic heterocycles. The van der Waals surface area contributed by atoms with E-state index in [9.17, 15) is 19.5 Å². The number of pyridine rings is 1. The molecule has 3 N–H and O–H groups in total. The predicted molar refractivity (Wildman–Crippen MR) is 96.6 cm³/mol. The lowest BCUT2D eigenvalue weighted by atomic mass is 9.99. The lowest BCUT2D eigenvalue weighted by molar-refractivity contribution is -0.141. The van der Waals surface area contributed by atoms with Gasteiger partial charge in [0.15, 0.2) is 0 Å². The van der Waals surface area contributed by atoms with Gasteiger partial charge in [-0.1, -0.05) is 12.1 Å². The highest BCUT2D eigenvalue weighted by Crippen LogP contribution is 2.15. The Morgan fingerprint density at radius 2 is 1.88 bits per heavy atom. The molecule has 1 amide bonds. The fourth-order valence-corrected chi connectivity index (χ4v) is 2.48. The number of aliphatic carboxylic acids is 1. The highest BCUT2D eigenvalue weighted by atomic mass is 16.5. The van der Waals surface area contributed by atoms with Gasteiger partial charge in [-0.25, -0.2) is 0 Å². The Bertz CT molecular complexity index is 827. The molecule has 0 aliphatic rings. The molecule has 138 valence electrons. The topological polar surface area (TPSA) is 108 Å². The van der Waals surface area contributed by atoms with Gasteiger partial charge in [0.25, 0.3) is 11.5 Å². The van der Waals surface area contributed by atoms with Crippen LogP contribution in [-0.4, -0.2) is 35.1 Å². The van der Waals surface area contributed by atoms with Gasteiger partial charge in [-0.3, -0.25) is 14.4 Å². The zero-order valence-electron chi connectivity index (χ0n) is 14.7. The van der Waals surface area contributed by atoms with Gasteiger partial charge in [-0.05, 0) is 50.1 Å². The molecule has 0 spiro atoms. The van der Waals surface area contributed by atoms with E-state index in [1.54, 1.807) is 37.3 Å². The minimum absolute atomic E-state index is 0.0409. The SMILES string of the molecule is CCOc1ccc(CC(CNC(=O)c2ccc(C)[nH]c2=O)C(=O)O)cc1. The second-order valence-corrected chi connectivity index (χ2v) is 5.91. The quantitative estimate of drug-likeness (QED) is 0.666. The summed E-state index contributed by atoms with van der Waals surface area (Å²) in [5, 5.41) is 11.9. The van der Waals surface area contributed by atoms with E-state index in [1.807, 2.05) is 6.92 Å². The van der Waals surface area contributed by atoms with Gasteiger partial charge in [-0.15, -0.1) is 0 Å². The number of carboxylic acid groups (broad SMARTS) is 1. The maximum absolute atomic E-state index is 12.1. The average molecular weight is 358 g/mol. The Kier molecular flexibility index (Phi) is 6.54. The maximum atomic E-state index is 12.1. The third-order valence-corrected chi connectivity index (χ3v) is 3.87. The third-order valence-electron chi connectivity index (χ3n) is 3.87. The second-order valence-electron chi connectivity index (χ2n) is 5.91. The van der Waals surface area contributed by atoms with Gasteiger partial charge in [0.2, 0.25) is 0 Å². The number of carboxylic acids is 1. The van der Waals surface area contributed by atoms with Gasteiger partial charge >= 0.3 is 5.97 Å². The predicted octanol–water partition coefficient (Wildman–Crippen LogP) is 1.76. The normalized spacial score (nSPS) is 11.6. The summed E-state index contributed by atoms with van der Waals surface area (Å²) in [6.45, 7) is 4.08. The number of carbonyl (C=O) groups excluding carboxylic acids is 1. The first-order chi connectivity index (χ1) is 12.4. The smallest absolute Gasteiger partial charge is 0.308 e. The number of nitrogens with one attached hydrogen (secondary N) is 2. The van der Waals surface area contributed by atoms with E-state index in [2.05, 4.69) is 10.3 Å². The summed E-state index contributed by atoms with van der Waals surface area (Å²) in [6, 6.07) is 10.2. The molecular weight excluding hydrogens is 336 g/mol. The number of aromatic amines is 1. The van der Waals surface area contributed by atoms with E-state index >= 15 is 0 Å². The highest BCUT2D eigenvalue weighted by molar-refractivity contribution is 5.94. The van der Waals surface area contributed by atoms with Gasteiger partial charge in [0, 0.05) is 12.2 Å². The van der Waals surface area contributed by atoms with Crippen LogP contribution in [0, 0.1) is 12.8 Å². The number of aromatic nitrogens is 1. The van der Waals surface area contributed by atoms with Crippen LogP contribution >= 0.6 is 0 Å². The Labute approximate surface area is 151 Å². The van der Waals surface area contributed by atoms with Crippen LogP contribution in [0.25, 0.3) is 0 Å². The summed E-state index contributed by atoms with van der Waals surface area (Å²) >= 11 is 0. The Balaban J connectivity index is 2.00. The Hall–Kier alpha value is -3.09. The molecule has 1 unspecified atom stereocenters. The van der Waals surface area contributed by atoms with Crippen molar-refractivity contribution in [2.75, 3.05) is 13.2 Å². The first kappa shape index (κ1) is 19.2. The maximum Gasteiger partial charge on any atom is 0.308 e. The van der Waals surface area contributed by atoms with E-state index < -0.39 is 23.4 Å². The van der Waals surface area contributed by atoms with Gasteiger partial charge in [0.1, 0.15) is 11.3 Å². The monoisotopic (exact) mass is 358 g/mol. The summed E-state index contributed by atoms with van der Waals surface area (Å²) in [4.78, 5) is 38.0. The van der Waals surface area contributed by atoms with E-state index in [1.165, 1.54) is 6.07 Å². The van der Waals surface area contributed by atoms with E-state index in [4.69, 9.17) is 4.74 Å². The van der Waals surface area contributed by atoms with Crippen molar-refractivity contribution in [1.82, 2.24) is 10.3 Å². The minimum Gasteiger partial charge on any atom is -0.494 e. The first-order valence-corrected chi connectivity index (χ1v) is 8.33. The van der Waals surface area contributed by atoms with Crippen molar-refractivity contribution in [3.8, 4) is 5.75 Å². The number of carbonyl (C=O) groups is 2. The molecular formula is C19H22N2O5. The molecule has 1 heterocycles. The lowest BCUT2D eigenvalue weighted by Crippen LogP contribution is -2.36. The Morgan fingerprint density at radius 1 is 1.19 bits per heavy atom. The molecule has 1 atom stereocenters. The van der Waals surface area contributed by atoms with Crippen LogP contribution in [0.1, 0.15) is 28.5 Å². The van der Waals surface area contributed by atoms with Gasteiger partial charge < -0.3 is 20.1 Å². The standard InChI is InChI=1S/C19H22N2O5/c1-3-26-15-7-5-13(6-8-15)10-14(19(24)25)11-20-17(22)16-9-4-12(2)21-18(16)23/h4-9,14H,3,10-11H2,1-2H3,(H,20,22)(H,21,23)(H,24,25). The molecule has 1 aromatic heterocycles. The molecule has 0 bridgehead atoms. The molecule has 7 nitrogen and oxygen atoms in total. The van der Waals surface area contributed by atoms with Crippen molar-refractivity contribution in [3.63, 3.8) is 0 Å². The van der Waals surface area contributed by atoms with Crippen LogP contribution < -0.4 is 15.6 Å². The fraction of sp³-hybridized carbons (Fsp3) is 0.316. The number of ether oxygens (including phenoxy) is 1. The van der Waals surface area contributed by atoms with Crippen molar-refractivity contribution in [1.29, 1.82) is 0 Å². The van der Waals surface area contributed by atoms with E-state index in [0.717, 1.165) is 11.3 Å². The van der Waals surface area contributed by atoms with Crippen LogP contribution in [0.3, 0.4) is 0 Å². The molecule has 0 radical (unpaired) electrons. The van der Waals surface area contributed by atoms with Crippen molar-refractivity contribution >= 4 is 11.9 Å². The summed E-state index contributed by atoms with van der Waals surface area (Å²) in [6.07, 6.45) is 0.256. The summed E-state index contributed by atoms with van der Waals surface area (Å²) in [7, 11) is 0.